The molecule has 10 nitrogen and oxygen atoms in total. The highest BCUT2D eigenvalue weighted by Crippen LogP contribution is 2.19. The van der Waals surface area contributed by atoms with E-state index in [9.17, 15) is 24.6 Å². The van der Waals surface area contributed by atoms with Gasteiger partial charge in [0, 0.05) is 13.1 Å². The van der Waals surface area contributed by atoms with Crippen LogP contribution in [0.5, 0.6) is 0 Å². The molecule has 1 unspecified atom stereocenters. The predicted octanol–water partition coefficient (Wildman–Crippen LogP) is -0.217. The zero-order chi connectivity index (χ0) is 19.5. The van der Waals surface area contributed by atoms with Crippen molar-refractivity contribution >= 4 is 18.0 Å². The van der Waals surface area contributed by atoms with Crippen LogP contribution in [0.25, 0.3) is 0 Å². The molecule has 1 saturated heterocycles. The number of amides is 2. The van der Waals surface area contributed by atoms with Crippen LogP contribution >= 0.6 is 0 Å². The molecule has 0 aromatic heterocycles. The van der Waals surface area contributed by atoms with Gasteiger partial charge < -0.3 is 26.6 Å². The van der Waals surface area contributed by atoms with Gasteiger partial charge in [0.2, 0.25) is 0 Å². The fourth-order valence-corrected chi connectivity index (χ4v) is 2.96. The molecule has 0 aliphatic carbocycles. The molecule has 0 aromatic rings. The van der Waals surface area contributed by atoms with Gasteiger partial charge in [-0.2, -0.15) is 0 Å². The number of rotatable bonds is 12. The quantitative estimate of drug-likeness (QED) is 0.232. The number of unbranched alkanes of at least 4 members (excludes halogenated alkanes) is 2. The number of carbonyl (C=O) groups is 3. The third-order valence-electron chi connectivity index (χ3n) is 4.41. The molecular formula is C16H31N5O5. The Hall–Kier alpha value is -1.91. The Morgan fingerprint density at radius 2 is 1.77 bits per heavy atom. The van der Waals surface area contributed by atoms with Gasteiger partial charge in [0.1, 0.15) is 12.1 Å². The van der Waals surface area contributed by atoms with Crippen LogP contribution < -0.4 is 16.9 Å². The van der Waals surface area contributed by atoms with Crippen LogP contribution in [0.2, 0.25) is 0 Å². The van der Waals surface area contributed by atoms with Crippen LogP contribution in [0.4, 0.5) is 4.79 Å². The van der Waals surface area contributed by atoms with Crippen molar-refractivity contribution < 1.29 is 24.6 Å². The maximum absolute atomic E-state index is 12.8. The predicted molar refractivity (Wildman–Crippen MR) is 95.2 cm³/mol. The molecule has 2 amide bonds. The van der Waals surface area contributed by atoms with Gasteiger partial charge in [-0.3, -0.25) is 9.80 Å². The Kier molecular flexibility index (Phi) is 9.92. The first-order valence-electron chi connectivity index (χ1n) is 9.12. The maximum atomic E-state index is 12.8. The number of hydrogen-bond acceptors (Lipinski definition) is 6. The number of carbonyl (C=O) groups excluding carboxylic acids is 1. The number of likely N-dealkylation sites (tertiary alicyclic amines) is 1. The number of urea groups is 1. The van der Waals surface area contributed by atoms with Gasteiger partial charge in [-0.15, -0.1) is 0 Å². The number of hydrazine groups is 1. The second kappa shape index (κ2) is 11.7. The van der Waals surface area contributed by atoms with E-state index in [0.717, 1.165) is 0 Å². The summed E-state index contributed by atoms with van der Waals surface area (Å²) in [6.45, 7) is 1.54. The fraction of sp³-hybridized carbons (Fsp3) is 0.812. The molecule has 1 aliphatic heterocycles. The lowest BCUT2D eigenvalue weighted by Gasteiger charge is -2.32. The third kappa shape index (κ3) is 6.77. The number of aliphatic carboxylic acids is 2. The molecule has 1 aliphatic rings. The van der Waals surface area contributed by atoms with E-state index in [1.807, 2.05) is 0 Å². The molecule has 0 spiro atoms. The standard InChI is InChI=1S/C16H31N5O5/c17-8-2-1-6-12(14(22)23)19-21(11-4-3-9-18)16(26)20-10-5-7-13(20)15(24)25/h12-13,19H,1-11,17-18H2,(H,22,23)(H,24,25)/t12?,13-/m0/s1. The van der Waals surface area contributed by atoms with E-state index in [0.29, 0.717) is 64.6 Å². The number of nitrogens with zero attached hydrogens (tertiary/aromatic N) is 2. The highest BCUT2D eigenvalue weighted by atomic mass is 16.4. The molecule has 10 heteroatoms. The van der Waals surface area contributed by atoms with Gasteiger partial charge in [0.05, 0.1) is 0 Å². The minimum absolute atomic E-state index is 0.263. The average Bonchev–Trinajstić information content (AvgIpc) is 3.09. The van der Waals surface area contributed by atoms with Gasteiger partial charge in [0.15, 0.2) is 0 Å². The summed E-state index contributed by atoms with van der Waals surface area (Å²) in [4.78, 5) is 37.0. The van der Waals surface area contributed by atoms with Gasteiger partial charge in [-0.1, -0.05) is 0 Å². The monoisotopic (exact) mass is 373 g/mol. The Balaban J connectivity index is 2.82. The first-order valence-corrected chi connectivity index (χ1v) is 9.12. The van der Waals surface area contributed by atoms with Crippen LogP contribution in [-0.4, -0.2) is 76.4 Å². The van der Waals surface area contributed by atoms with Crippen molar-refractivity contribution in [3.8, 4) is 0 Å². The highest BCUT2D eigenvalue weighted by molar-refractivity contribution is 5.83. The Bertz CT molecular complexity index is 476. The van der Waals surface area contributed by atoms with Gasteiger partial charge >= 0.3 is 18.0 Å². The molecule has 2 atom stereocenters. The van der Waals surface area contributed by atoms with E-state index in [4.69, 9.17) is 11.5 Å². The molecule has 0 radical (unpaired) electrons. The lowest BCUT2D eigenvalue weighted by Crippen LogP contribution is -2.57. The highest BCUT2D eigenvalue weighted by Gasteiger charge is 2.37. The van der Waals surface area contributed by atoms with Crippen molar-refractivity contribution in [2.75, 3.05) is 26.2 Å². The number of hydrogen-bond donors (Lipinski definition) is 5. The Morgan fingerprint density at radius 3 is 2.35 bits per heavy atom. The molecule has 0 aromatic carbocycles. The van der Waals surface area contributed by atoms with Gasteiger partial charge in [-0.05, 0) is 58.0 Å². The first-order chi connectivity index (χ1) is 12.4. The van der Waals surface area contributed by atoms with Crippen molar-refractivity contribution in [3.05, 3.63) is 0 Å². The van der Waals surface area contributed by atoms with Crippen LogP contribution in [0.15, 0.2) is 0 Å². The first kappa shape index (κ1) is 22.1. The van der Waals surface area contributed by atoms with Crippen molar-refractivity contribution in [2.45, 2.75) is 57.0 Å². The Labute approximate surface area is 153 Å². The average molecular weight is 373 g/mol. The molecule has 7 N–H and O–H groups in total. The summed E-state index contributed by atoms with van der Waals surface area (Å²) in [5.41, 5.74) is 13.7. The normalized spacial score (nSPS) is 17.9. The number of carboxylic acid groups (broad SMARTS) is 2. The van der Waals surface area contributed by atoms with Crippen LogP contribution in [-0.2, 0) is 9.59 Å². The van der Waals surface area contributed by atoms with E-state index >= 15 is 0 Å². The Morgan fingerprint density at radius 1 is 1.12 bits per heavy atom. The zero-order valence-electron chi connectivity index (χ0n) is 15.1. The summed E-state index contributed by atoms with van der Waals surface area (Å²) in [6, 6.07) is -2.31. The minimum Gasteiger partial charge on any atom is -0.480 e. The van der Waals surface area contributed by atoms with Gasteiger partial charge in [0.25, 0.3) is 0 Å². The minimum atomic E-state index is -1.06. The number of nitrogens with one attached hydrogen (secondary N) is 1. The van der Waals surface area contributed by atoms with E-state index in [-0.39, 0.29) is 6.54 Å². The summed E-state index contributed by atoms with van der Waals surface area (Å²) in [5.74, 6) is -2.11. The van der Waals surface area contributed by atoms with E-state index in [2.05, 4.69) is 5.43 Å². The smallest absolute Gasteiger partial charge is 0.335 e. The third-order valence-corrected chi connectivity index (χ3v) is 4.41. The maximum Gasteiger partial charge on any atom is 0.335 e. The summed E-state index contributed by atoms with van der Waals surface area (Å²) >= 11 is 0. The second-order valence-electron chi connectivity index (χ2n) is 6.42. The molecule has 1 fully saturated rings. The molecule has 1 rings (SSSR count). The second-order valence-corrected chi connectivity index (χ2v) is 6.42. The zero-order valence-corrected chi connectivity index (χ0v) is 15.1. The summed E-state index contributed by atoms with van der Waals surface area (Å²) in [7, 11) is 0. The molecule has 150 valence electrons. The van der Waals surface area contributed by atoms with Crippen LogP contribution in [0.1, 0.15) is 44.9 Å². The van der Waals surface area contributed by atoms with Crippen LogP contribution in [0.3, 0.4) is 0 Å². The van der Waals surface area contributed by atoms with E-state index in [1.54, 1.807) is 0 Å². The summed E-state index contributed by atoms with van der Waals surface area (Å²) in [5, 5.41) is 19.9. The van der Waals surface area contributed by atoms with Crippen molar-refractivity contribution in [3.63, 3.8) is 0 Å². The topological polar surface area (TPSA) is 162 Å². The fourth-order valence-electron chi connectivity index (χ4n) is 2.96. The molecule has 26 heavy (non-hydrogen) atoms. The lowest BCUT2D eigenvalue weighted by atomic mass is 10.1. The summed E-state index contributed by atoms with van der Waals surface area (Å²) < 4.78 is 0. The van der Waals surface area contributed by atoms with Crippen molar-refractivity contribution in [1.82, 2.24) is 15.3 Å². The molecular weight excluding hydrogens is 342 g/mol. The van der Waals surface area contributed by atoms with E-state index in [1.165, 1.54) is 9.91 Å². The van der Waals surface area contributed by atoms with E-state index < -0.39 is 30.1 Å². The number of carboxylic acids is 2. The van der Waals surface area contributed by atoms with Crippen molar-refractivity contribution in [2.24, 2.45) is 11.5 Å². The van der Waals surface area contributed by atoms with Gasteiger partial charge in [-0.25, -0.2) is 15.0 Å². The molecule has 1 heterocycles. The lowest BCUT2D eigenvalue weighted by molar-refractivity contribution is -0.143. The molecule has 0 saturated carbocycles. The largest absolute Gasteiger partial charge is 0.480 e. The molecule has 0 bridgehead atoms. The number of nitrogens with two attached hydrogens (primary N) is 2. The SMILES string of the molecule is NCCCCC(NN(CCCCN)C(=O)N1CCC[C@H]1C(=O)O)C(=O)O. The van der Waals surface area contributed by atoms with Crippen LogP contribution in [0, 0.1) is 0 Å². The summed E-state index contributed by atoms with van der Waals surface area (Å²) in [6.07, 6.45) is 3.92. The van der Waals surface area contributed by atoms with Crippen molar-refractivity contribution in [1.29, 1.82) is 0 Å².